The monoisotopic (exact) mass is 196 g/mol. The lowest BCUT2D eigenvalue weighted by Gasteiger charge is -2.24. The van der Waals surface area contributed by atoms with Gasteiger partial charge in [-0.3, -0.25) is 4.79 Å². The molecule has 0 unspecified atom stereocenters. The van der Waals surface area contributed by atoms with Crippen molar-refractivity contribution >= 4 is 29.0 Å². The van der Waals surface area contributed by atoms with Gasteiger partial charge in [-0.1, -0.05) is 13.8 Å². The molecule has 0 aromatic carbocycles. The molecule has 66 valence electrons. The van der Waals surface area contributed by atoms with Crippen molar-refractivity contribution in [1.29, 1.82) is 0 Å². The van der Waals surface area contributed by atoms with E-state index in [0.29, 0.717) is 0 Å². The molecule has 2 atom stereocenters. The van der Waals surface area contributed by atoms with Crippen LogP contribution in [0.5, 0.6) is 0 Å². The van der Waals surface area contributed by atoms with E-state index in [2.05, 4.69) is 0 Å². The Kier molecular flexibility index (Phi) is 3.86. The van der Waals surface area contributed by atoms with E-state index in [9.17, 15) is 4.79 Å². The van der Waals surface area contributed by atoms with Crippen molar-refractivity contribution in [2.75, 3.05) is 0 Å². The third kappa shape index (κ3) is 2.64. The van der Waals surface area contributed by atoms with Gasteiger partial charge in [0.2, 0.25) is 0 Å². The summed E-state index contributed by atoms with van der Waals surface area (Å²) in [7, 11) is 0. The van der Waals surface area contributed by atoms with Crippen LogP contribution in [0.4, 0.5) is 0 Å². The summed E-state index contributed by atoms with van der Waals surface area (Å²) in [5, 5.41) is -0.334. The summed E-state index contributed by atoms with van der Waals surface area (Å²) >= 11 is 11.7. The SMILES string of the molecule is CC(C)C(=O)[C@@](C)(Cl)[C@@H](C)Cl. The van der Waals surface area contributed by atoms with Crippen LogP contribution in [0.3, 0.4) is 0 Å². The number of carbonyl (C=O) groups is 1. The highest BCUT2D eigenvalue weighted by molar-refractivity contribution is 6.41. The number of hydrogen-bond donors (Lipinski definition) is 0. The fourth-order valence-electron chi connectivity index (χ4n) is 0.760. The summed E-state index contributed by atoms with van der Waals surface area (Å²) in [6.45, 7) is 7.04. The van der Waals surface area contributed by atoms with Crippen LogP contribution in [0.25, 0.3) is 0 Å². The third-order valence-corrected chi connectivity index (χ3v) is 2.81. The molecule has 0 aromatic heterocycles. The van der Waals surface area contributed by atoms with Gasteiger partial charge in [0.05, 0.1) is 5.38 Å². The van der Waals surface area contributed by atoms with Crippen molar-refractivity contribution in [2.24, 2.45) is 5.92 Å². The summed E-state index contributed by atoms with van der Waals surface area (Å²) in [6, 6.07) is 0. The molecule has 0 saturated heterocycles. The van der Waals surface area contributed by atoms with E-state index in [1.807, 2.05) is 13.8 Å². The number of Topliss-reactive ketones (excluding diaryl/α,β-unsaturated/α-hetero) is 1. The number of ketones is 1. The molecule has 0 aliphatic carbocycles. The molecule has 0 N–H and O–H groups in total. The van der Waals surface area contributed by atoms with Crippen molar-refractivity contribution in [3.8, 4) is 0 Å². The lowest BCUT2D eigenvalue weighted by molar-refractivity contribution is -0.124. The van der Waals surface area contributed by atoms with Crippen LogP contribution < -0.4 is 0 Å². The maximum absolute atomic E-state index is 11.4. The molecule has 0 heterocycles. The number of halogens is 2. The number of hydrogen-bond acceptors (Lipinski definition) is 1. The van der Waals surface area contributed by atoms with Crippen LogP contribution in [-0.2, 0) is 4.79 Å². The lowest BCUT2D eigenvalue weighted by Crippen LogP contribution is -2.39. The Hall–Kier alpha value is 0.250. The molecule has 1 nitrogen and oxygen atoms in total. The lowest BCUT2D eigenvalue weighted by atomic mass is 9.94. The predicted octanol–water partition coefficient (Wildman–Crippen LogP) is 2.84. The summed E-state index contributed by atoms with van der Waals surface area (Å²) in [5.41, 5.74) is 0. The molecule has 0 amide bonds. The molecule has 0 spiro atoms. The zero-order chi connectivity index (χ0) is 9.23. The fraction of sp³-hybridized carbons (Fsp3) is 0.875. The van der Waals surface area contributed by atoms with Gasteiger partial charge in [0.25, 0.3) is 0 Å². The van der Waals surface area contributed by atoms with Gasteiger partial charge in [-0.15, -0.1) is 23.2 Å². The highest BCUT2D eigenvalue weighted by Crippen LogP contribution is 2.27. The second-order valence-electron chi connectivity index (χ2n) is 3.21. The molecule has 3 heteroatoms. The van der Waals surface area contributed by atoms with Gasteiger partial charge in [-0.25, -0.2) is 0 Å². The van der Waals surface area contributed by atoms with Gasteiger partial charge >= 0.3 is 0 Å². The van der Waals surface area contributed by atoms with E-state index in [-0.39, 0.29) is 17.1 Å². The quantitative estimate of drug-likeness (QED) is 0.635. The maximum atomic E-state index is 11.4. The predicted molar refractivity (Wildman–Crippen MR) is 49.4 cm³/mol. The van der Waals surface area contributed by atoms with E-state index >= 15 is 0 Å². The first kappa shape index (κ1) is 11.2. The normalized spacial score (nSPS) is 19.5. The summed E-state index contributed by atoms with van der Waals surface area (Å²) < 4.78 is 0. The first-order chi connectivity index (χ1) is 4.80. The molecule has 0 rings (SSSR count). The summed E-state index contributed by atoms with van der Waals surface area (Å²) in [4.78, 5) is 10.5. The van der Waals surface area contributed by atoms with Gasteiger partial charge in [0, 0.05) is 5.92 Å². The van der Waals surface area contributed by atoms with E-state index in [1.165, 1.54) is 0 Å². The minimum Gasteiger partial charge on any atom is -0.297 e. The van der Waals surface area contributed by atoms with Crippen molar-refractivity contribution < 1.29 is 4.79 Å². The fourth-order valence-corrected chi connectivity index (χ4v) is 1.09. The highest BCUT2D eigenvalue weighted by Gasteiger charge is 2.36. The van der Waals surface area contributed by atoms with Crippen LogP contribution >= 0.6 is 23.2 Å². The Labute approximate surface area is 78.1 Å². The smallest absolute Gasteiger partial charge is 0.157 e. The molecule has 0 aromatic rings. The zero-order valence-corrected chi connectivity index (χ0v) is 8.83. The Balaban J connectivity index is 4.43. The van der Waals surface area contributed by atoms with Crippen LogP contribution in [-0.4, -0.2) is 16.0 Å². The Morgan fingerprint density at radius 1 is 1.36 bits per heavy atom. The molecule has 0 aliphatic rings. The third-order valence-electron chi connectivity index (χ3n) is 1.75. The van der Waals surface area contributed by atoms with Gasteiger partial charge in [-0.2, -0.15) is 0 Å². The Morgan fingerprint density at radius 3 is 1.82 bits per heavy atom. The van der Waals surface area contributed by atoms with Crippen LogP contribution in [0.2, 0.25) is 0 Å². The molecule has 0 radical (unpaired) electrons. The summed E-state index contributed by atoms with van der Waals surface area (Å²) in [5.74, 6) is -0.0552. The van der Waals surface area contributed by atoms with Crippen LogP contribution in [0.15, 0.2) is 0 Å². The van der Waals surface area contributed by atoms with Crippen molar-refractivity contribution in [3.05, 3.63) is 0 Å². The average molecular weight is 197 g/mol. The van der Waals surface area contributed by atoms with E-state index in [1.54, 1.807) is 13.8 Å². The molecular formula is C8H14Cl2O. The first-order valence-electron chi connectivity index (χ1n) is 3.67. The average Bonchev–Trinajstić information content (AvgIpc) is 1.85. The van der Waals surface area contributed by atoms with Crippen molar-refractivity contribution in [2.45, 2.75) is 37.9 Å². The van der Waals surface area contributed by atoms with Gasteiger partial charge in [0.1, 0.15) is 4.87 Å². The minimum atomic E-state index is -0.921. The minimum absolute atomic E-state index is 0.00154. The van der Waals surface area contributed by atoms with Crippen LogP contribution in [0, 0.1) is 5.92 Å². The molecule has 11 heavy (non-hydrogen) atoms. The van der Waals surface area contributed by atoms with E-state index in [4.69, 9.17) is 23.2 Å². The molecule has 0 fully saturated rings. The molecular weight excluding hydrogens is 183 g/mol. The number of carbonyl (C=O) groups excluding carboxylic acids is 1. The Bertz CT molecular complexity index is 150. The van der Waals surface area contributed by atoms with Gasteiger partial charge < -0.3 is 0 Å². The van der Waals surface area contributed by atoms with E-state index < -0.39 is 4.87 Å². The zero-order valence-electron chi connectivity index (χ0n) is 7.32. The number of rotatable bonds is 3. The van der Waals surface area contributed by atoms with Crippen molar-refractivity contribution in [1.82, 2.24) is 0 Å². The van der Waals surface area contributed by atoms with Crippen LogP contribution in [0.1, 0.15) is 27.7 Å². The largest absolute Gasteiger partial charge is 0.297 e. The highest BCUT2D eigenvalue weighted by atomic mass is 35.5. The molecule has 0 bridgehead atoms. The van der Waals surface area contributed by atoms with Gasteiger partial charge in [0.15, 0.2) is 5.78 Å². The van der Waals surface area contributed by atoms with Crippen molar-refractivity contribution in [3.63, 3.8) is 0 Å². The molecule has 0 aliphatic heterocycles. The second kappa shape index (κ2) is 3.77. The first-order valence-corrected chi connectivity index (χ1v) is 4.49. The topological polar surface area (TPSA) is 17.1 Å². The maximum Gasteiger partial charge on any atom is 0.157 e. The van der Waals surface area contributed by atoms with E-state index in [0.717, 1.165) is 0 Å². The standard InChI is InChI=1S/C8H14Cl2O/c1-5(2)7(11)8(4,10)6(3)9/h5-6H,1-4H3/t6-,8+/m1/s1. The number of alkyl halides is 2. The van der Waals surface area contributed by atoms with Gasteiger partial charge in [-0.05, 0) is 13.8 Å². The molecule has 0 saturated carbocycles. The Morgan fingerprint density at radius 2 is 1.73 bits per heavy atom. The summed E-state index contributed by atoms with van der Waals surface area (Å²) in [6.07, 6.45) is 0. The second-order valence-corrected chi connectivity index (χ2v) is 4.65.